The van der Waals surface area contributed by atoms with Crippen LogP contribution in [-0.2, 0) is 4.79 Å². The zero-order valence-electron chi connectivity index (χ0n) is 11.6. The molecule has 2 aromatic heterocycles. The molecule has 4 rings (SSSR count). The van der Waals surface area contributed by atoms with Gasteiger partial charge in [0.25, 0.3) is 0 Å². The molecule has 110 valence electrons. The molecule has 22 heavy (non-hydrogen) atoms. The number of fused-ring (bicyclic) bond motifs is 1. The Morgan fingerprint density at radius 1 is 1.18 bits per heavy atom. The first-order valence-corrected chi connectivity index (χ1v) is 8.65. The number of nitrogens with one attached hydrogen (secondary N) is 2. The van der Waals surface area contributed by atoms with E-state index in [2.05, 4.69) is 21.7 Å². The maximum atomic E-state index is 11.9. The second kappa shape index (κ2) is 5.55. The van der Waals surface area contributed by atoms with E-state index in [9.17, 15) is 4.79 Å². The van der Waals surface area contributed by atoms with Crippen LogP contribution in [-0.4, -0.2) is 10.9 Å². The second-order valence-corrected chi connectivity index (χ2v) is 7.05. The molecule has 0 fully saturated rings. The molecule has 6 heteroatoms. The Labute approximate surface area is 135 Å². The molecule has 0 spiro atoms. The normalized spacial score (nSPS) is 16.9. The topological polar surface area (TPSA) is 54.0 Å². The average Bonchev–Trinajstić information content (AvgIpc) is 3.16. The van der Waals surface area contributed by atoms with Crippen LogP contribution in [0.5, 0.6) is 0 Å². The van der Waals surface area contributed by atoms with Crippen LogP contribution in [0.4, 0.5) is 16.6 Å². The number of amides is 1. The minimum Gasteiger partial charge on any atom is -0.331 e. The molecule has 0 aliphatic carbocycles. The van der Waals surface area contributed by atoms with E-state index < -0.39 is 0 Å². The lowest BCUT2D eigenvalue weighted by molar-refractivity contribution is -0.116. The number of benzene rings is 1. The fraction of sp³-hybridized carbons (Fsp3) is 0.125. The van der Waals surface area contributed by atoms with Crippen molar-refractivity contribution in [1.29, 1.82) is 0 Å². The Kier molecular flexibility index (Phi) is 3.40. The third-order valence-electron chi connectivity index (χ3n) is 3.53. The molecule has 0 saturated carbocycles. The lowest BCUT2D eigenvalue weighted by atomic mass is 9.98. The molecule has 2 N–H and O–H groups in total. The smallest absolute Gasteiger partial charge is 0.226 e. The highest BCUT2D eigenvalue weighted by atomic mass is 32.1. The second-order valence-electron chi connectivity index (χ2n) is 5.04. The summed E-state index contributed by atoms with van der Waals surface area (Å²) in [6, 6.07) is 14.0. The van der Waals surface area contributed by atoms with Crippen LogP contribution in [0.1, 0.15) is 22.1 Å². The zero-order valence-corrected chi connectivity index (χ0v) is 13.2. The fourth-order valence-electron chi connectivity index (χ4n) is 2.54. The summed E-state index contributed by atoms with van der Waals surface area (Å²) in [7, 11) is 0. The molecule has 1 aromatic carbocycles. The first-order chi connectivity index (χ1) is 10.8. The molecule has 0 radical (unpaired) electrons. The van der Waals surface area contributed by atoms with Gasteiger partial charge in [-0.25, -0.2) is 4.98 Å². The predicted molar refractivity (Wildman–Crippen MR) is 91.2 cm³/mol. The van der Waals surface area contributed by atoms with E-state index in [1.807, 2.05) is 41.8 Å². The van der Waals surface area contributed by atoms with Crippen molar-refractivity contribution >= 4 is 45.2 Å². The van der Waals surface area contributed by atoms with Crippen molar-refractivity contribution in [3.8, 4) is 0 Å². The highest BCUT2D eigenvalue weighted by molar-refractivity contribution is 7.16. The van der Waals surface area contributed by atoms with Gasteiger partial charge in [-0.05, 0) is 23.6 Å². The molecule has 1 aliphatic heterocycles. The van der Waals surface area contributed by atoms with E-state index in [-0.39, 0.29) is 11.8 Å². The molecule has 4 nitrogen and oxygen atoms in total. The minimum atomic E-state index is 0.0301. The van der Waals surface area contributed by atoms with Crippen molar-refractivity contribution in [3.05, 3.63) is 57.6 Å². The Hall–Kier alpha value is -2.18. The number of hydrogen-bond acceptors (Lipinski definition) is 5. The molecule has 0 saturated heterocycles. The summed E-state index contributed by atoms with van der Waals surface area (Å²) in [6.07, 6.45) is 0.487. The maximum Gasteiger partial charge on any atom is 0.226 e. The molecule has 1 atom stereocenters. The summed E-state index contributed by atoms with van der Waals surface area (Å²) in [5.41, 5.74) is 0.993. The molecular formula is C16H13N3OS2. The number of para-hydroxylation sites is 1. The number of nitrogens with zero attached hydrogens (tertiary/aromatic N) is 1. The average molecular weight is 327 g/mol. The molecule has 1 amide bonds. The highest BCUT2D eigenvalue weighted by Gasteiger charge is 2.30. The number of thiazole rings is 1. The van der Waals surface area contributed by atoms with E-state index in [0.717, 1.165) is 15.7 Å². The number of carbonyl (C=O) groups is 1. The number of thiophene rings is 1. The number of rotatable bonds is 3. The van der Waals surface area contributed by atoms with Gasteiger partial charge in [-0.15, -0.1) is 11.3 Å². The monoisotopic (exact) mass is 327 g/mol. The third kappa shape index (κ3) is 2.51. The quantitative estimate of drug-likeness (QED) is 0.748. The van der Waals surface area contributed by atoms with Gasteiger partial charge in [0, 0.05) is 22.9 Å². The Bertz CT molecular complexity index is 796. The molecule has 0 unspecified atom stereocenters. The van der Waals surface area contributed by atoms with Crippen molar-refractivity contribution in [1.82, 2.24) is 4.98 Å². The van der Waals surface area contributed by atoms with E-state index in [1.165, 1.54) is 4.88 Å². The van der Waals surface area contributed by atoms with E-state index in [4.69, 9.17) is 0 Å². The Balaban J connectivity index is 1.68. The lowest BCUT2D eigenvalue weighted by Gasteiger charge is -2.19. The van der Waals surface area contributed by atoms with Crippen molar-refractivity contribution in [2.75, 3.05) is 10.6 Å². The van der Waals surface area contributed by atoms with Gasteiger partial charge >= 0.3 is 0 Å². The van der Waals surface area contributed by atoms with E-state index in [0.29, 0.717) is 12.2 Å². The Morgan fingerprint density at radius 2 is 2.05 bits per heavy atom. The maximum absolute atomic E-state index is 11.9. The van der Waals surface area contributed by atoms with Gasteiger partial charge in [-0.3, -0.25) is 4.79 Å². The van der Waals surface area contributed by atoms with Gasteiger partial charge in [0.15, 0.2) is 5.13 Å². The third-order valence-corrected chi connectivity index (χ3v) is 5.60. The largest absolute Gasteiger partial charge is 0.331 e. The number of anilines is 3. The predicted octanol–water partition coefficient (Wildman–Crippen LogP) is 4.42. The van der Waals surface area contributed by atoms with E-state index >= 15 is 0 Å². The van der Waals surface area contributed by atoms with Crippen LogP contribution in [0.3, 0.4) is 0 Å². The number of hydrogen-bond donors (Lipinski definition) is 2. The van der Waals surface area contributed by atoms with Gasteiger partial charge in [0.1, 0.15) is 5.82 Å². The summed E-state index contributed by atoms with van der Waals surface area (Å²) in [4.78, 5) is 18.8. The molecule has 3 heterocycles. The SMILES string of the molecule is O=C1C[C@H](c2cccs2)c2sc(Nc3ccccc3)nc2N1. The van der Waals surface area contributed by atoms with Crippen molar-refractivity contribution in [2.24, 2.45) is 0 Å². The standard InChI is InChI=1S/C16H13N3OS2/c20-13-9-11(12-7-4-8-21-12)14-15(18-13)19-16(22-14)17-10-5-2-1-3-6-10/h1-8,11H,9H2,(H,17,19)(H,18,20)/t11-/m1/s1. The van der Waals surface area contributed by atoms with Crippen LogP contribution in [0.2, 0.25) is 0 Å². The van der Waals surface area contributed by atoms with Gasteiger partial charge in [-0.1, -0.05) is 35.6 Å². The van der Waals surface area contributed by atoms with Gasteiger partial charge in [-0.2, -0.15) is 0 Å². The zero-order chi connectivity index (χ0) is 14.9. The van der Waals surface area contributed by atoms with Crippen LogP contribution >= 0.6 is 22.7 Å². The first kappa shape index (κ1) is 13.5. The van der Waals surface area contributed by atoms with Crippen LogP contribution < -0.4 is 10.6 Å². The van der Waals surface area contributed by atoms with Crippen LogP contribution in [0.15, 0.2) is 47.8 Å². The molecule has 1 aliphatic rings. The van der Waals surface area contributed by atoms with Gasteiger partial charge < -0.3 is 10.6 Å². The minimum absolute atomic E-state index is 0.0301. The van der Waals surface area contributed by atoms with Crippen LogP contribution in [0, 0.1) is 0 Å². The Morgan fingerprint density at radius 3 is 2.82 bits per heavy atom. The summed E-state index contributed by atoms with van der Waals surface area (Å²) in [5.74, 6) is 0.841. The molecular weight excluding hydrogens is 314 g/mol. The summed E-state index contributed by atoms with van der Waals surface area (Å²) >= 11 is 3.30. The van der Waals surface area contributed by atoms with Crippen molar-refractivity contribution in [2.45, 2.75) is 12.3 Å². The summed E-state index contributed by atoms with van der Waals surface area (Å²) in [5, 5.41) is 9.04. The van der Waals surface area contributed by atoms with E-state index in [1.54, 1.807) is 22.7 Å². The molecule has 0 bridgehead atoms. The first-order valence-electron chi connectivity index (χ1n) is 6.95. The van der Waals surface area contributed by atoms with Crippen molar-refractivity contribution < 1.29 is 4.79 Å². The van der Waals surface area contributed by atoms with Crippen LogP contribution in [0.25, 0.3) is 0 Å². The fourth-order valence-corrected chi connectivity index (χ4v) is 4.51. The highest BCUT2D eigenvalue weighted by Crippen LogP contribution is 2.43. The lowest BCUT2D eigenvalue weighted by Crippen LogP contribution is -2.22. The summed E-state index contributed by atoms with van der Waals surface area (Å²) < 4.78 is 0. The van der Waals surface area contributed by atoms with Crippen molar-refractivity contribution in [3.63, 3.8) is 0 Å². The summed E-state index contributed by atoms with van der Waals surface area (Å²) in [6.45, 7) is 0. The number of carbonyl (C=O) groups excluding carboxylic acids is 1. The molecule has 3 aromatic rings. The van der Waals surface area contributed by atoms with Gasteiger partial charge in [0.2, 0.25) is 5.91 Å². The number of aromatic nitrogens is 1. The van der Waals surface area contributed by atoms with Gasteiger partial charge in [0.05, 0.1) is 4.88 Å².